The molecule has 0 radical (unpaired) electrons. The highest BCUT2D eigenvalue weighted by Crippen LogP contribution is 2.32. The highest BCUT2D eigenvalue weighted by Gasteiger charge is 2.41. The number of carbonyl (C=O) groups excluding carboxylic acids is 3. The number of halogens is 4. The van der Waals surface area contributed by atoms with Crippen LogP contribution in [0.1, 0.15) is 16.8 Å². The number of amides is 4. The molecule has 194 valence electrons. The molecule has 5 rings (SSSR count). The minimum absolute atomic E-state index is 0.221. The molecule has 12 heteroatoms. The predicted molar refractivity (Wildman–Crippen MR) is 151 cm³/mol. The molecule has 1 fully saturated rings. The fourth-order valence-electron chi connectivity index (χ4n) is 4.26. The van der Waals surface area contributed by atoms with Gasteiger partial charge in [-0.2, -0.15) is 5.10 Å². The van der Waals surface area contributed by atoms with Gasteiger partial charge < -0.3 is 15.5 Å². The number of nitrogens with one attached hydrogen (secondary N) is 2. The molecule has 3 aromatic carbocycles. The number of likely N-dealkylation sites (tertiary alicyclic amines) is 1. The van der Waals surface area contributed by atoms with E-state index in [9.17, 15) is 14.4 Å². The third kappa shape index (κ3) is 5.31. The average molecular weight is 591 g/mol. The van der Waals surface area contributed by atoms with Crippen molar-refractivity contribution in [3.63, 3.8) is 0 Å². The summed E-state index contributed by atoms with van der Waals surface area (Å²) >= 11 is 24.1. The highest BCUT2D eigenvalue weighted by molar-refractivity contribution is 6.44. The van der Waals surface area contributed by atoms with Crippen LogP contribution in [-0.2, 0) is 4.79 Å². The van der Waals surface area contributed by atoms with Crippen molar-refractivity contribution in [1.82, 2.24) is 4.90 Å². The number of urea groups is 1. The number of benzene rings is 3. The fourth-order valence-corrected chi connectivity index (χ4v) is 4.90. The zero-order valence-corrected chi connectivity index (χ0v) is 22.6. The SMILES string of the molecule is O=C(Nc1ccc(N2N=C3CCN(C(=O)c4ccc(Cl)c(Cl)c4)CC3C2=O)cc1)Nc1cccc(Cl)c1Cl. The Hall–Kier alpha value is -3.30. The number of hydrogen-bond acceptors (Lipinski definition) is 4. The van der Waals surface area contributed by atoms with Crippen LogP contribution in [-0.4, -0.2) is 41.5 Å². The summed E-state index contributed by atoms with van der Waals surface area (Å²) in [6.07, 6.45) is 0.478. The summed E-state index contributed by atoms with van der Waals surface area (Å²) in [5.74, 6) is -0.969. The van der Waals surface area contributed by atoms with Crippen molar-refractivity contribution in [3.05, 3.63) is 86.3 Å². The fraction of sp³-hybridized carbons (Fsp3) is 0.154. The van der Waals surface area contributed by atoms with E-state index in [1.54, 1.807) is 59.5 Å². The molecule has 38 heavy (non-hydrogen) atoms. The van der Waals surface area contributed by atoms with Gasteiger partial charge in [-0.25, -0.2) is 9.80 Å². The maximum atomic E-state index is 13.2. The van der Waals surface area contributed by atoms with Gasteiger partial charge in [0.1, 0.15) is 0 Å². The standard InChI is InChI=1S/C26H19Cl4N5O3/c27-18-9-4-14(12-20(18)29)24(36)34-11-10-21-17(13-34)25(37)35(33-21)16-7-5-15(6-8-16)31-26(38)32-22-3-1-2-19(28)23(22)30/h1-9,12,17H,10-11,13H2,(H2,31,32,38). The first kappa shape index (κ1) is 26.3. The van der Waals surface area contributed by atoms with Crippen LogP contribution in [0, 0.1) is 5.92 Å². The highest BCUT2D eigenvalue weighted by atomic mass is 35.5. The molecule has 2 heterocycles. The summed E-state index contributed by atoms with van der Waals surface area (Å²) in [5.41, 5.74) is 2.56. The summed E-state index contributed by atoms with van der Waals surface area (Å²) in [4.78, 5) is 40.2. The Labute approximate surface area is 238 Å². The van der Waals surface area contributed by atoms with Crippen LogP contribution in [0.5, 0.6) is 0 Å². The molecule has 1 unspecified atom stereocenters. The van der Waals surface area contributed by atoms with Crippen LogP contribution in [0.25, 0.3) is 0 Å². The third-order valence-corrected chi connectivity index (χ3v) is 7.76. The van der Waals surface area contributed by atoms with Gasteiger partial charge in [-0.15, -0.1) is 0 Å². The molecule has 8 nitrogen and oxygen atoms in total. The lowest BCUT2D eigenvalue weighted by molar-refractivity contribution is -0.120. The molecule has 1 atom stereocenters. The number of rotatable bonds is 4. The van der Waals surface area contributed by atoms with E-state index >= 15 is 0 Å². The summed E-state index contributed by atoms with van der Waals surface area (Å²) in [7, 11) is 0. The van der Waals surface area contributed by atoms with Gasteiger partial charge in [0.15, 0.2) is 0 Å². The maximum absolute atomic E-state index is 13.2. The molecule has 0 saturated carbocycles. The molecule has 2 aliphatic heterocycles. The van der Waals surface area contributed by atoms with Gasteiger partial charge in [0.25, 0.3) is 11.8 Å². The van der Waals surface area contributed by atoms with Gasteiger partial charge >= 0.3 is 6.03 Å². The Morgan fingerprint density at radius 2 is 1.66 bits per heavy atom. The Kier molecular flexibility index (Phi) is 7.49. The van der Waals surface area contributed by atoms with Gasteiger partial charge in [-0.1, -0.05) is 52.5 Å². The van der Waals surface area contributed by atoms with Gasteiger partial charge in [0.05, 0.1) is 43.1 Å². The van der Waals surface area contributed by atoms with E-state index < -0.39 is 11.9 Å². The summed E-state index contributed by atoms with van der Waals surface area (Å²) in [6.45, 7) is 0.656. The van der Waals surface area contributed by atoms with Crippen LogP contribution in [0.3, 0.4) is 0 Å². The number of carbonyl (C=O) groups is 3. The van der Waals surface area contributed by atoms with Crippen molar-refractivity contribution >= 4 is 87.0 Å². The molecule has 1 saturated heterocycles. The second-order valence-electron chi connectivity index (χ2n) is 8.65. The van der Waals surface area contributed by atoms with Crippen LogP contribution in [0.15, 0.2) is 65.8 Å². The first-order chi connectivity index (χ1) is 18.2. The molecule has 0 aromatic heterocycles. The second kappa shape index (κ2) is 10.8. The van der Waals surface area contributed by atoms with Gasteiger partial charge in [0.2, 0.25) is 0 Å². The summed E-state index contributed by atoms with van der Waals surface area (Å²) in [6, 6.07) is 15.8. The maximum Gasteiger partial charge on any atom is 0.323 e. The Morgan fingerprint density at radius 1 is 0.895 bits per heavy atom. The number of nitrogens with zero attached hydrogens (tertiary/aromatic N) is 3. The van der Waals surface area contributed by atoms with Crippen LogP contribution in [0.4, 0.5) is 21.9 Å². The third-order valence-electron chi connectivity index (χ3n) is 6.20. The number of fused-ring (bicyclic) bond motifs is 1. The van der Waals surface area contributed by atoms with Gasteiger partial charge in [0, 0.05) is 30.8 Å². The first-order valence-electron chi connectivity index (χ1n) is 11.5. The molecule has 2 aliphatic rings. The van der Waals surface area contributed by atoms with Gasteiger partial charge in [-0.05, 0) is 54.6 Å². The number of hydrazone groups is 1. The Morgan fingerprint density at radius 3 is 2.39 bits per heavy atom. The number of hydrogen-bond donors (Lipinski definition) is 2. The van der Waals surface area contributed by atoms with Crippen molar-refractivity contribution in [1.29, 1.82) is 0 Å². The van der Waals surface area contributed by atoms with E-state index in [-0.39, 0.29) is 23.4 Å². The van der Waals surface area contributed by atoms with E-state index in [0.717, 1.165) is 5.71 Å². The van der Waals surface area contributed by atoms with E-state index in [1.165, 1.54) is 11.1 Å². The van der Waals surface area contributed by atoms with Crippen molar-refractivity contribution in [3.8, 4) is 0 Å². The van der Waals surface area contributed by atoms with Crippen molar-refractivity contribution < 1.29 is 14.4 Å². The molecule has 4 amide bonds. The largest absolute Gasteiger partial charge is 0.337 e. The minimum Gasteiger partial charge on any atom is -0.337 e. The quantitative estimate of drug-likeness (QED) is 0.349. The molecule has 2 N–H and O–H groups in total. The Bertz CT molecular complexity index is 1480. The molecule has 0 aliphatic carbocycles. The molecule has 0 bridgehead atoms. The topological polar surface area (TPSA) is 94.1 Å². The number of anilines is 3. The smallest absolute Gasteiger partial charge is 0.323 e. The molecular weight excluding hydrogens is 572 g/mol. The minimum atomic E-state index is -0.526. The predicted octanol–water partition coefficient (Wildman–Crippen LogP) is 6.81. The van der Waals surface area contributed by atoms with Crippen molar-refractivity contribution in [2.45, 2.75) is 6.42 Å². The molecule has 0 spiro atoms. The second-order valence-corrected chi connectivity index (χ2v) is 10.3. The van der Waals surface area contributed by atoms with E-state index in [1.807, 2.05) is 0 Å². The first-order valence-corrected chi connectivity index (χ1v) is 13.0. The van der Waals surface area contributed by atoms with Crippen LogP contribution >= 0.6 is 46.4 Å². The zero-order valence-electron chi connectivity index (χ0n) is 19.6. The lowest BCUT2D eigenvalue weighted by atomic mass is 9.95. The average Bonchev–Trinajstić information content (AvgIpc) is 3.24. The normalized spacial score (nSPS) is 16.7. The zero-order chi connectivity index (χ0) is 27.0. The van der Waals surface area contributed by atoms with E-state index in [4.69, 9.17) is 46.4 Å². The lowest BCUT2D eigenvalue weighted by Crippen LogP contribution is -2.46. The number of piperidine rings is 1. The monoisotopic (exact) mass is 589 g/mol. The van der Waals surface area contributed by atoms with Crippen LogP contribution in [0.2, 0.25) is 20.1 Å². The molecular formula is C26H19Cl4N5O3. The van der Waals surface area contributed by atoms with E-state index in [2.05, 4.69) is 15.7 Å². The molecule has 3 aromatic rings. The lowest BCUT2D eigenvalue weighted by Gasteiger charge is -2.30. The summed E-state index contributed by atoms with van der Waals surface area (Å²) in [5, 5.41) is 12.4. The van der Waals surface area contributed by atoms with Crippen LogP contribution < -0.4 is 15.6 Å². The van der Waals surface area contributed by atoms with Crippen molar-refractivity contribution in [2.75, 3.05) is 28.7 Å². The Balaban J connectivity index is 1.22. The van der Waals surface area contributed by atoms with E-state index in [0.29, 0.717) is 50.7 Å². The summed E-state index contributed by atoms with van der Waals surface area (Å²) < 4.78 is 0. The van der Waals surface area contributed by atoms with Gasteiger partial charge in [-0.3, -0.25) is 9.59 Å². The van der Waals surface area contributed by atoms with Crippen molar-refractivity contribution in [2.24, 2.45) is 11.0 Å².